The van der Waals surface area contributed by atoms with E-state index in [2.05, 4.69) is 6.58 Å². The van der Waals surface area contributed by atoms with Gasteiger partial charge in [-0.3, -0.25) is 4.79 Å². The third kappa shape index (κ3) is 6.80. The number of rotatable bonds is 4. The molecule has 0 aliphatic carbocycles. The number of carbonyl (C=O) groups excluding carboxylic acids is 1. The van der Waals surface area contributed by atoms with Crippen molar-refractivity contribution >= 4 is 17.0 Å². The van der Waals surface area contributed by atoms with Crippen LogP contribution in [0, 0.1) is 0 Å². The number of nitrogens with zero attached hydrogens (tertiary/aromatic N) is 1. The predicted octanol–water partition coefficient (Wildman–Crippen LogP) is 3.60. The highest BCUT2D eigenvalue weighted by atomic mass is 32.2. The Morgan fingerprint density at radius 2 is 2.00 bits per heavy atom. The third-order valence-corrected chi connectivity index (χ3v) is 2.47. The Hall–Kier alpha value is -1.22. The molecule has 0 fully saturated rings. The molecule has 0 unspecified atom stereocenters. The average molecular weight is 223 g/mol. The Morgan fingerprint density at radius 3 is 2.47 bits per heavy atom. The summed E-state index contributed by atoms with van der Waals surface area (Å²) in [4.78, 5) is 13.9. The van der Waals surface area contributed by atoms with E-state index in [1.165, 1.54) is 11.8 Å². The first-order valence-electron chi connectivity index (χ1n) is 4.63. The summed E-state index contributed by atoms with van der Waals surface area (Å²) >= 11 is 1.19. The van der Waals surface area contributed by atoms with E-state index >= 15 is 0 Å². The summed E-state index contributed by atoms with van der Waals surface area (Å²) in [7, 11) is 3.47. The first kappa shape index (κ1) is 13.8. The molecule has 0 rings (SSSR count). The van der Waals surface area contributed by atoms with E-state index in [0.29, 0.717) is 0 Å². The minimum absolute atomic E-state index is 0.0134. The standard InChI is InChI=1S/C12H17NOS/c1-5-7-9-11(10-8-6-2)15-12(14)13(3)4/h5-10H,1H2,2-4H3/b8-6-,9-7-,11-10+. The molecule has 2 nitrogen and oxygen atoms in total. The van der Waals surface area contributed by atoms with Crippen molar-refractivity contribution in [3.63, 3.8) is 0 Å². The van der Waals surface area contributed by atoms with Crippen LogP contribution in [0.1, 0.15) is 6.92 Å². The van der Waals surface area contributed by atoms with Crippen molar-refractivity contribution in [3.05, 3.63) is 47.9 Å². The van der Waals surface area contributed by atoms with E-state index in [9.17, 15) is 4.79 Å². The minimum atomic E-state index is 0.0134. The van der Waals surface area contributed by atoms with Gasteiger partial charge in [0, 0.05) is 19.0 Å². The van der Waals surface area contributed by atoms with Crippen LogP contribution in [-0.2, 0) is 0 Å². The van der Waals surface area contributed by atoms with Gasteiger partial charge in [-0.05, 0) is 30.8 Å². The van der Waals surface area contributed by atoms with Crippen LogP contribution in [0.25, 0.3) is 0 Å². The van der Waals surface area contributed by atoms with Crippen LogP contribution in [0.5, 0.6) is 0 Å². The number of allylic oxidation sites excluding steroid dienone is 6. The summed E-state index contributed by atoms with van der Waals surface area (Å²) in [6, 6.07) is 0. The van der Waals surface area contributed by atoms with Gasteiger partial charge in [0.05, 0.1) is 0 Å². The van der Waals surface area contributed by atoms with E-state index in [0.717, 1.165) is 4.91 Å². The van der Waals surface area contributed by atoms with E-state index in [1.54, 1.807) is 25.1 Å². The molecule has 82 valence electrons. The van der Waals surface area contributed by atoms with Crippen molar-refractivity contribution in [1.82, 2.24) is 4.90 Å². The highest BCUT2D eigenvalue weighted by Gasteiger charge is 2.05. The lowest BCUT2D eigenvalue weighted by Gasteiger charge is -2.08. The van der Waals surface area contributed by atoms with Crippen molar-refractivity contribution in [3.8, 4) is 0 Å². The van der Waals surface area contributed by atoms with Gasteiger partial charge >= 0.3 is 0 Å². The molecule has 0 atom stereocenters. The van der Waals surface area contributed by atoms with Gasteiger partial charge in [-0.25, -0.2) is 0 Å². The molecule has 0 aromatic carbocycles. The van der Waals surface area contributed by atoms with Gasteiger partial charge < -0.3 is 4.90 Å². The van der Waals surface area contributed by atoms with Gasteiger partial charge in [-0.2, -0.15) is 0 Å². The zero-order valence-corrected chi connectivity index (χ0v) is 10.3. The van der Waals surface area contributed by atoms with Crippen LogP contribution in [0.15, 0.2) is 47.9 Å². The summed E-state index contributed by atoms with van der Waals surface area (Å²) in [5.74, 6) is 0. The van der Waals surface area contributed by atoms with E-state index < -0.39 is 0 Å². The molecule has 3 heteroatoms. The molecule has 0 aliphatic rings. The number of hydrogen-bond donors (Lipinski definition) is 0. The summed E-state index contributed by atoms with van der Waals surface area (Å²) in [6.07, 6.45) is 11.1. The van der Waals surface area contributed by atoms with Crippen molar-refractivity contribution in [2.45, 2.75) is 6.92 Å². The average Bonchev–Trinajstić information content (AvgIpc) is 2.21. The lowest BCUT2D eigenvalue weighted by molar-refractivity contribution is 0.241. The highest BCUT2D eigenvalue weighted by Crippen LogP contribution is 2.20. The molecular formula is C12H17NOS. The monoisotopic (exact) mass is 223 g/mol. The van der Waals surface area contributed by atoms with Crippen LogP contribution >= 0.6 is 11.8 Å². The molecule has 0 aromatic heterocycles. The molecule has 0 radical (unpaired) electrons. The normalized spacial score (nSPS) is 12.3. The van der Waals surface area contributed by atoms with Crippen LogP contribution in [-0.4, -0.2) is 24.2 Å². The molecule has 1 amide bonds. The summed E-state index contributed by atoms with van der Waals surface area (Å²) in [6.45, 7) is 5.52. The third-order valence-electron chi connectivity index (χ3n) is 1.42. The smallest absolute Gasteiger partial charge is 0.285 e. The topological polar surface area (TPSA) is 20.3 Å². The molecule has 0 saturated carbocycles. The summed E-state index contributed by atoms with van der Waals surface area (Å²) < 4.78 is 0. The predicted molar refractivity (Wildman–Crippen MR) is 68.9 cm³/mol. The molecule has 0 N–H and O–H groups in total. The Labute approximate surface area is 96.0 Å². The molecule has 0 bridgehead atoms. The second kappa shape index (κ2) is 8.12. The van der Waals surface area contributed by atoms with Gasteiger partial charge in [0.15, 0.2) is 0 Å². The molecule has 0 heterocycles. The highest BCUT2D eigenvalue weighted by molar-refractivity contribution is 8.17. The SMILES string of the molecule is C=C\C=C/C(=C\C=C/C)SC(=O)N(C)C. The Bertz CT molecular complexity index is 301. The zero-order chi connectivity index (χ0) is 11.7. The van der Waals surface area contributed by atoms with Gasteiger partial charge in [0.25, 0.3) is 5.24 Å². The van der Waals surface area contributed by atoms with E-state index in [-0.39, 0.29) is 5.24 Å². The molecule has 0 saturated heterocycles. The zero-order valence-electron chi connectivity index (χ0n) is 9.43. The maximum atomic E-state index is 11.4. The van der Waals surface area contributed by atoms with E-state index in [1.807, 2.05) is 37.3 Å². The molecular weight excluding hydrogens is 206 g/mol. The fourth-order valence-corrected chi connectivity index (χ4v) is 1.35. The largest absolute Gasteiger partial charge is 0.339 e. The Kier molecular flexibility index (Phi) is 7.46. The van der Waals surface area contributed by atoms with Gasteiger partial charge in [-0.15, -0.1) is 0 Å². The van der Waals surface area contributed by atoms with Gasteiger partial charge in [-0.1, -0.05) is 30.9 Å². The van der Waals surface area contributed by atoms with Crippen LogP contribution in [0.3, 0.4) is 0 Å². The fourth-order valence-electron chi connectivity index (χ4n) is 0.670. The van der Waals surface area contributed by atoms with E-state index in [4.69, 9.17) is 0 Å². The van der Waals surface area contributed by atoms with Crippen molar-refractivity contribution in [2.24, 2.45) is 0 Å². The summed E-state index contributed by atoms with van der Waals surface area (Å²) in [5, 5.41) is 0.0134. The quantitative estimate of drug-likeness (QED) is 0.679. The molecule has 15 heavy (non-hydrogen) atoms. The lowest BCUT2D eigenvalue weighted by atomic mass is 10.4. The fraction of sp³-hybridized carbons (Fsp3) is 0.250. The van der Waals surface area contributed by atoms with Crippen molar-refractivity contribution in [1.29, 1.82) is 0 Å². The maximum Gasteiger partial charge on any atom is 0.285 e. The first-order chi connectivity index (χ1) is 7.11. The summed E-state index contributed by atoms with van der Waals surface area (Å²) in [5.41, 5.74) is 0. The second-order valence-electron chi connectivity index (χ2n) is 2.95. The van der Waals surface area contributed by atoms with Gasteiger partial charge in [0.2, 0.25) is 0 Å². The molecule has 0 spiro atoms. The van der Waals surface area contributed by atoms with Crippen LogP contribution in [0.4, 0.5) is 4.79 Å². The Morgan fingerprint density at radius 1 is 1.33 bits per heavy atom. The maximum absolute atomic E-state index is 11.4. The number of thioether (sulfide) groups is 1. The Balaban J connectivity index is 4.58. The number of amides is 1. The van der Waals surface area contributed by atoms with Crippen LogP contribution < -0.4 is 0 Å². The molecule has 0 aliphatic heterocycles. The minimum Gasteiger partial charge on any atom is -0.339 e. The number of carbonyl (C=O) groups is 1. The molecule has 0 aromatic rings. The van der Waals surface area contributed by atoms with Crippen molar-refractivity contribution < 1.29 is 4.79 Å². The lowest BCUT2D eigenvalue weighted by Crippen LogP contribution is -2.16. The second-order valence-corrected chi connectivity index (χ2v) is 3.98. The van der Waals surface area contributed by atoms with Crippen LogP contribution in [0.2, 0.25) is 0 Å². The van der Waals surface area contributed by atoms with Gasteiger partial charge in [0.1, 0.15) is 0 Å². The first-order valence-corrected chi connectivity index (χ1v) is 5.44. The number of hydrogen-bond acceptors (Lipinski definition) is 2. The van der Waals surface area contributed by atoms with Crippen molar-refractivity contribution in [2.75, 3.05) is 14.1 Å².